The molecule has 0 aromatic rings. The van der Waals surface area contributed by atoms with E-state index >= 15 is 0 Å². The van der Waals surface area contributed by atoms with Gasteiger partial charge >= 0.3 is 0 Å². The number of ether oxygens (including phenoxy) is 2. The molecule has 1 unspecified atom stereocenters. The fourth-order valence-corrected chi connectivity index (χ4v) is 1.69. The molecule has 0 radical (unpaired) electrons. The van der Waals surface area contributed by atoms with Crippen molar-refractivity contribution >= 4 is 5.96 Å². The number of guanidine groups is 1. The normalized spacial score (nSPS) is 26.6. The molecule has 6 heteroatoms. The summed E-state index contributed by atoms with van der Waals surface area (Å²) in [5.74, 6) is 5.99. The topological polar surface area (TPSA) is 80.9 Å². The van der Waals surface area contributed by atoms with Crippen molar-refractivity contribution in [1.82, 2.24) is 10.7 Å². The maximum absolute atomic E-state index is 5.45. The van der Waals surface area contributed by atoms with Crippen LogP contribution < -0.4 is 16.6 Å². The smallest absolute Gasteiger partial charge is 0.206 e. The third-order valence-electron chi connectivity index (χ3n) is 2.56. The van der Waals surface area contributed by atoms with Crippen LogP contribution in [-0.2, 0) is 9.47 Å². The molecule has 1 aliphatic rings. The quantitative estimate of drug-likeness (QED) is 0.201. The second-order valence-corrected chi connectivity index (χ2v) is 4.21. The van der Waals surface area contributed by atoms with Gasteiger partial charge in [0.25, 0.3) is 0 Å². The molecule has 6 nitrogen and oxygen atoms in total. The first-order valence-electron chi connectivity index (χ1n) is 5.56. The van der Waals surface area contributed by atoms with Gasteiger partial charge in [-0.05, 0) is 19.8 Å². The van der Waals surface area contributed by atoms with Crippen LogP contribution in [0.4, 0.5) is 0 Å². The lowest BCUT2D eigenvalue weighted by atomic mass is 9.95. The SMILES string of the molecule is COCCN=C(NN)NC1(C)CCCOC1. The van der Waals surface area contributed by atoms with Crippen molar-refractivity contribution in [2.24, 2.45) is 10.8 Å². The summed E-state index contributed by atoms with van der Waals surface area (Å²) in [5.41, 5.74) is 2.47. The molecule has 0 bridgehead atoms. The molecule has 1 heterocycles. The van der Waals surface area contributed by atoms with Crippen LogP contribution >= 0.6 is 0 Å². The molecule has 0 saturated carbocycles. The molecule has 4 N–H and O–H groups in total. The van der Waals surface area contributed by atoms with Crippen molar-refractivity contribution in [2.75, 3.05) is 33.5 Å². The monoisotopic (exact) mass is 230 g/mol. The molecule has 1 saturated heterocycles. The Morgan fingerprint density at radius 3 is 3.00 bits per heavy atom. The number of methoxy groups -OCH3 is 1. The zero-order valence-corrected chi connectivity index (χ0v) is 10.1. The summed E-state index contributed by atoms with van der Waals surface area (Å²) in [6.07, 6.45) is 2.11. The number of hydrazine groups is 1. The molecule has 1 aliphatic heterocycles. The lowest BCUT2D eigenvalue weighted by Gasteiger charge is -2.35. The molecule has 94 valence electrons. The highest BCUT2D eigenvalue weighted by atomic mass is 16.5. The van der Waals surface area contributed by atoms with E-state index in [9.17, 15) is 0 Å². The van der Waals surface area contributed by atoms with E-state index in [4.69, 9.17) is 15.3 Å². The van der Waals surface area contributed by atoms with E-state index in [0.29, 0.717) is 25.7 Å². The van der Waals surface area contributed by atoms with Crippen LogP contribution in [0.15, 0.2) is 4.99 Å². The third kappa shape index (κ3) is 4.34. The van der Waals surface area contributed by atoms with Gasteiger partial charge < -0.3 is 14.8 Å². The first-order chi connectivity index (χ1) is 7.70. The maximum atomic E-state index is 5.45. The molecular weight excluding hydrogens is 208 g/mol. The predicted molar refractivity (Wildman–Crippen MR) is 63.1 cm³/mol. The van der Waals surface area contributed by atoms with Crippen LogP contribution in [0, 0.1) is 0 Å². The molecule has 0 aromatic carbocycles. The van der Waals surface area contributed by atoms with Crippen molar-refractivity contribution in [1.29, 1.82) is 0 Å². The number of nitrogens with zero attached hydrogens (tertiary/aromatic N) is 1. The summed E-state index contributed by atoms with van der Waals surface area (Å²) >= 11 is 0. The number of rotatable bonds is 4. The van der Waals surface area contributed by atoms with E-state index in [-0.39, 0.29) is 5.54 Å². The Balaban J connectivity index is 2.44. The lowest BCUT2D eigenvalue weighted by Crippen LogP contribution is -2.56. The van der Waals surface area contributed by atoms with Crippen LogP contribution in [0.2, 0.25) is 0 Å². The highest BCUT2D eigenvalue weighted by Gasteiger charge is 2.28. The minimum absolute atomic E-state index is 0.0868. The van der Waals surface area contributed by atoms with Gasteiger partial charge in [0.05, 0.1) is 25.3 Å². The highest BCUT2D eigenvalue weighted by molar-refractivity contribution is 5.79. The molecule has 0 amide bonds. The van der Waals surface area contributed by atoms with Gasteiger partial charge in [0.2, 0.25) is 5.96 Å². The van der Waals surface area contributed by atoms with E-state index < -0.39 is 0 Å². The molecule has 0 aromatic heterocycles. The first-order valence-corrected chi connectivity index (χ1v) is 5.56. The minimum atomic E-state index is -0.0868. The average Bonchev–Trinajstić information content (AvgIpc) is 2.29. The Bertz CT molecular complexity index is 227. The van der Waals surface area contributed by atoms with Gasteiger partial charge in [-0.1, -0.05) is 0 Å². The Labute approximate surface area is 96.6 Å². The molecule has 1 fully saturated rings. The van der Waals surface area contributed by atoms with Gasteiger partial charge in [-0.2, -0.15) is 0 Å². The Kier molecular flexibility index (Phi) is 5.51. The predicted octanol–water partition coefficient (Wildman–Crippen LogP) is -0.389. The zero-order chi connectivity index (χ0) is 11.9. The number of hydrogen-bond donors (Lipinski definition) is 3. The fraction of sp³-hybridized carbons (Fsp3) is 0.900. The van der Waals surface area contributed by atoms with Crippen molar-refractivity contribution in [3.05, 3.63) is 0 Å². The van der Waals surface area contributed by atoms with Gasteiger partial charge in [-0.15, -0.1) is 0 Å². The average molecular weight is 230 g/mol. The lowest BCUT2D eigenvalue weighted by molar-refractivity contribution is 0.0366. The van der Waals surface area contributed by atoms with Crippen molar-refractivity contribution in [3.63, 3.8) is 0 Å². The number of nitrogens with two attached hydrogens (primary N) is 1. The minimum Gasteiger partial charge on any atom is -0.383 e. The Morgan fingerprint density at radius 2 is 2.44 bits per heavy atom. The highest BCUT2D eigenvalue weighted by Crippen LogP contribution is 2.17. The summed E-state index contributed by atoms with van der Waals surface area (Å²) in [6.45, 7) is 4.79. The van der Waals surface area contributed by atoms with Gasteiger partial charge in [0.1, 0.15) is 0 Å². The summed E-state index contributed by atoms with van der Waals surface area (Å²) in [5, 5.41) is 3.27. The summed E-state index contributed by atoms with van der Waals surface area (Å²) in [6, 6.07) is 0. The van der Waals surface area contributed by atoms with Crippen molar-refractivity contribution in [2.45, 2.75) is 25.3 Å². The summed E-state index contributed by atoms with van der Waals surface area (Å²) in [7, 11) is 1.65. The largest absolute Gasteiger partial charge is 0.383 e. The van der Waals surface area contributed by atoms with Crippen LogP contribution in [0.5, 0.6) is 0 Å². The number of aliphatic imine (C=N–C) groups is 1. The van der Waals surface area contributed by atoms with Gasteiger partial charge in [0, 0.05) is 13.7 Å². The third-order valence-corrected chi connectivity index (χ3v) is 2.56. The standard InChI is InChI=1S/C10H22N4O2/c1-10(4-3-6-16-8-10)13-9(14-11)12-5-7-15-2/h3-8,11H2,1-2H3,(H2,12,13,14). The molecule has 1 atom stereocenters. The summed E-state index contributed by atoms with van der Waals surface area (Å²) in [4.78, 5) is 4.26. The first kappa shape index (κ1) is 13.2. The molecule has 1 rings (SSSR count). The number of nitrogens with one attached hydrogen (secondary N) is 2. The Hall–Kier alpha value is -0.850. The van der Waals surface area contributed by atoms with E-state index in [2.05, 4.69) is 22.7 Å². The fourth-order valence-electron chi connectivity index (χ4n) is 1.69. The van der Waals surface area contributed by atoms with Crippen LogP contribution in [0.1, 0.15) is 19.8 Å². The zero-order valence-electron chi connectivity index (χ0n) is 10.1. The van der Waals surface area contributed by atoms with Gasteiger partial charge in [0.15, 0.2) is 0 Å². The second-order valence-electron chi connectivity index (χ2n) is 4.21. The second kappa shape index (κ2) is 6.67. The summed E-state index contributed by atoms with van der Waals surface area (Å²) < 4.78 is 10.4. The van der Waals surface area contributed by atoms with Gasteiger partial charge in [-0.25, -0.2) is 10.8 Å². The van der Waals surface area contributed by atoms with Gasteiger partial charge in [-0.3, -0.25) is 5.43 Å². The van der Waals surface area contributed by atoms with Crippen molar-refractivity contribution in [3.8, 4) is 0 Å². The molecule has 0 spiro atoms. The van der Waals surface area contributed by atoms with Crippen molar-refractivity contribution < 1.29 is 9.47 Å². The molecular formula is C10H22N4O2. The van der Waals surface area contributed by atoms with Crippen LogP contribution in [0.3, 0.4) is 0 Å². The van der Waals surface area contributed by atoms with E-state index in [1.165, 1.54) is 0 Å². The Morgan fingerprint density at radius 1 is 1.62 bits per heavy atom. The van der Waals surface area contributed by atoms with E-state index in [1.807, 2.05) is 0 Å². The number of hydrogen-bond acceptors (Lipinski definition) is 4. The maximum Gasteiger partial charge on any atom is 0.206 e. The van der Waals surface area contributed by atoms with Crippen LogP contribution in [-0.4, -0.2) is 45.0 Å². The molecule has 16 heavy (non-hydrogen) atoms. The van der Waals surface area contributed by atoms with E-state index in [1.54, 1.807) is 7.11 Å². The van der Waals surface area contributed by atoms with Crippen LogP contribution in [0.25, 0.3) is 0 Å². The van der Waals surface area contributed by atoms with E-state index in [0.717, 1.165) is 19.4 Å². The molecule has 0 aliphatic carbocycles.